The highest BCUT2D eigenvalue weighted by Gasteiger charge is 2.57. The molecule has 3 heterocycles. The normalized spacial score (nSPS) is 19.3. The van der Waals surface area contributed by atoms with Crippen LogP contribution in [0.5, 0.6) is 11.5 Å². The lowest BCUT2D eigenvalue weighted by Gasteiger charge is -2.31. The van der Waals surface area contributed by atoms with Gasteiger partial charge < -0.3 is 15.2 Å². The van der Waals surface area contributed by atoms with Gasteiger partial charge in [-0.2, -0.15) is 13.2 Å². The number of carbonyl (C=O) groups is 3. The van der Waals surface area contributed by atoms with Gasteiger partial charge in [0.25, 0.3) is 0 Å². The van der Waals surface area contributed by atoms with Crippen LogP contribution in [0, 0.1) is 5.92 Å². The van der Waals surface area contributed by atoms with Crippen LogP contribution in [0.3, 0.4) is 0 Å². The average Bonchev–Trinajstić information content (AvgIpc) is 3.44. The summed E-state index contributed by atoms with van der Waals surface area (Å²) in [4.78, 5) is 54.9. The molecular weight excluding hydrogens is 631 g/mol. The number of anilines is 2. The highest BCUT2D eigenvalue weighted by atomic mass is 32.2. The number of carbonyl (C=O) groups excluding carboxylic acids is 3. The molecule has 0 aliphatic carbocycles. The van der Waals surface area contributed by atoms with E-state index in [1.54, 1.807) is 43.3 Å². The van der Waals surface area contributed by atoms with E-state index >= 15 is 0 Å². The Morgan fingerprint density at radius 2 is 1.76 bits per heavy atom. The van der Waals surface area contributed by atoms with Crippen LogP contribution < -0.4 is 19.8 Å². The maximum atomic E-state index is 14.0. The zero-order valence-corrected chi connectivity index (χ0v) is 25.0. The van der Waals surface area contributed by atoms with E-state index in [2.05, 4.69) is 5.32 Å². The molecule has 0 unspecified atom stereocenters. The van der Waals surface area contributed by atoms with E-state index in [1.165, 1.54) is 22.8 Å². The molecule has 1 saturated heterocycles. The Morgan fingerprint density at radius 1 is 1.00 bits per heavy atom. The van der Waals surface area contributed by atoms with Crippen molar-refractivity contribution in [1.29, 1.82) is 0 Å². The lowest BCUT2D eigenvalue weighted by atomic mass is 9.83. The summed E-state index contributed by atoms with van der Waals surface area (Å²) in [6.07, 6.45) is -4.70. The van der Waals surface area contributed by atoms with Gasteiger partial charge in [0.1, 0.15) is 11.8 Å². The summed E-state index contributed by atoms with van der Waals surface area (Å²) in [6.45, 7) is 1.56. The fourth-order valence-electron chi connectivity index (χ4n) is 5.55. The van der Waals surface area contributed by atoms with Crippen LogP contribution in [-0.4, -0.2) is 39.3 Å². The summed E-state index contributed by atoms with van der Waals surface area (Å²) in [6, 6.07) is 17.0. The highest BCUT2D eigenvalue weighted by molar-refractivity contribution is 8.00. The number of phenols is 1. The second-order valence-electron chi connectivity index (χ2n) is 10.3. The number of benzene rings is 3. The molecular formula is C31H24F3N3O6S2. The Bertz CT molecular complexity index is 1870. The first-order chi connectivity index (χ1) is 21.5. The fraction of sp³-hybridized carbons (Fsp3) is 0.226. The molecule has 2 N–H and O–H groups in total. The lowest BCUT2D eigenvalue weighted by Crippen LogP contribution is -2.33. The molecule has 1 aromatic heterocycles. The number of rotatable bonds is 7. The maximum absolute atomic E-state index is 14.0. The molecule has 14 heteroatoms. The van der Waals surface area contributed by atoms with Gasteiger partial charge in [0.2, 0.25) is 17.7 Å². The number of aromatic nitrogens is 1. The fourth-order valence-corrected chi connectivity index (χ4v) is 8.32. The van der Waals surface area contributed by atoms with Gasteiger partial charge in [-0.05, 0) is 55.0 Å². The molecule has 3 amide bonds. The zero-order valence-electron chi connectivity index (χ0n) is 23.4. The van der Waals surface area contributed by atoms with Crippen LogP contribution in [0.1, 0.15) is 28.8 Å². The Morgan fingerprint density at radius 3 is 2.47 bits per heavy atom. The molecule has 3 atom stereocenters. The number of amides is 3. The van der Waals surface area contributed by atoms with E-state index in [0.29, 0.717) is 21.2 Å². The molecule has 2 aliphatic rings. The number of hydrogen-bond donors (Lipinski definition) is 2. The number of thioether (sulfide) groups is 1. The smallest absolute Gasteiger partial charge is 0.416 e. The first-order valence-corrected chi connectivity index (χ1v) is 15.4. The summed E-state index contributed by atoms with van der Waals surface area (Å²) in [5, 5.41) is 12.3. The Hall–Kier alpha value is -4.56. The first-order valence-electron chi connectivity index (χ1n) is 13.7. The van der Waals surface area contributed by atoms with Crippen molar-refractivity contribution in [3.05, 3.63) is 98.5 Å². The topological polar surface area (TPSA) is 118 Å². The molecule has 3 aromatic carbocycles. The molecule has 232 valence electrons. The third-order valence-corrected chi connectivity index (χ3v) is 10.1. The number of para-hydroxylation sites is 1. The van der Waals surface area contributed by atoms with Crippen LogP contribution in [-0.2, 0) is 27.1 Å². The summed E-state index contributed by atoms with van der Waals surface area (Å²) in [5.41, 5.74) is -0.276. The second kappa shape index (κ2) is 11.7. The number of ether oxygens (including phenoxy) is 1. The molecule has 9 nitrogen and oxygen atoms in total. The van der Waals surface area contributed by atoms with Crippen LogP contribution in [0.15, 0.2) is 82.6 Å². The van der Waals surface area contributed by atoms with Gasteiger partial charge in [-0.1, -0.05) is 53.4 Å². The van der Waals surface area contributed by atoms with Gasteiger partial charge in [0, 0.05) is 16.5 Å². The minimum absolute atomic E-state index is 0.117. The summed E-state index contributed by atoms with van der Waals surface area (Å²) in [7, 11) is 0. The minimum Gasteiger partial charge on any atom is -0.504 e. The summed E-state index contributed by atoms with van der Waals surface area (Å²) < 4.78 is 47.4. The van der Waals surface area contributed by atoms with Crippen molar-refractivity contribution >= 4 is 52.2 Å². The van der Waals surface area contributed by atoms with E-state index in [4.69, 9.17) is 4.74 Å². The predicted molar refractivity (Wildman–Crippen MR) is 162 cm³/mol. The number of thiazole rings is 1. The van der Waals surface area contributed by atoms with Crippen LogP contribution in [0.2, 0.25) is 0 Å². The number of phenolic OH excluding ortho intramolecular Hbond substituents is 1. The van der Waals surface area contributed by atoms with Crippen molar-refractivity contribution in [3.8, 4) is 11.5 Å². The summed E-state index contributed by atoms with van der Waals surface area (Å²) in [5.74, 6) is -4.02. The van der Waals surface area contributed by atoms with Gasteiger partial charge in [0.15, 0.2) is 11.5 Å². The van der Waals surface area contributed by atoms with E-state index in [9.17, 15) is 37.5 Å². The SMILES string of the molecule is CCOc1cc([C@@H]2c3sc(=O)n(CC(=O)Nc4ccccc4)c3S[C@@H]3C(=O)N(c4cccc(C(F)(F)F)c4)C(=O)[C@H]23)ccc1O. The lowest BCUT2D eigenvalue weighted by molar-refractivity contribution is -0.137. The van der Waals surface area contributed by atoms with Crippen molar-refractivity contribution < 1.29 is 37.4 Å². The van der Waals surface area contributed by atoms with Crippen molar-refractivity contribution in [2.45, 2.75) is 35.8 Å². The van der Waals surface area contributed by atoms with Gasteiger partial charge in [0.05, 0.1) is 28.8 Å². The first kappa shape index (κ1) is 30.5. The van der Waals surface area contributed by atoms with Crippen LogP contribution >= 0.6 is 23.1 Å². The van der Waals surface area contributed by atoms with Crippen molar-refractivity contribution in [1.82, 2.24) is 4.57 Å². The largest absolute Gasteiger partial charge is 0.504 e. The molecule has 45 heavy (non-hydrogen) atoms. The molecule has 2 aliphatic heterocycles. The van der Waals surface area contributed by atoms with Crippen LogP contribution in [0.4, 0.5) is 24.5 Å². The summed E-state index contributed by atoms with van der Waals surface area (Å²) >= 11 is 1.76. The third-order valence-electron chi connectivity index (χ3n) is 7.48. The van der Waals surface area contributed by atoms with E-state index in [0.717, 1.165) is 46.2 Å². The van der Waals surface area contributed by atoms with Crippen molar-refractivity contribution in [2.75, 3.05) is 16.8 Å². The van der Waals surface area contributed by atoms with Crippen molar-refractivity contribution in [2.24, 2.45) is 5.92 Å². The Balaban J connectivity index is 1.45. The van der Waals surface area contributed by atoms with E-state index < -0.39 is 51.4 Å². The number of fused-ring (bicyclic) bond motifs is 2. The quantitative estimate of drug-likeness (QED) is 0.254. The minimum atomic E-state index is -4.70. The van der Waals surface area contributed by atoms with Gasteiger partial charge >= 0.3 is 11.0 Å². The van der Waals surface area contributed by atoms with Crippen molar-refractivity contribution in [3.63, 3.8) is 0 Å². The van der Waals surface area contributed by atoms with E-state index in [-0.39, 0.29) is 30.3 Å². The van der Waals surface area contributed by atoms with Gasteiger partial charge in [-0.3, -0.25) is 23.7 Å². The molecule has 0 bridgehead atoms. The number of hydrogen-bond acceptors (Lipinski definition) is 8. The number of alkyl halides is 3. The van der Waals surface area contributed by atoms with Gasteiger partial charge in [-0.25, -0.2) is 4.90 Å². The molecule has 1 fully saturated rings. The van der Waals surface area contributed by atoms with Gasteiger partial charge in [-0.15, -0.1) is 0 Å². The van der Waals surface area contributed by atoms with Crippen LogP contribution in [0.25, 0.3) is 0 Å². The second-order valence-corrected chi connectivity index (χ2v) is 12.4. The molecule has 0 spiro atoms. The van der Waals surface area contributed by atoms with E-state index in [1.807, 2.05) is 0 Å². The number of imide groups is 1. The maximum Gasteiger partial charge on any atom is 0.416 e. The molecule has 0 saturated carbocycles. The molecule has 0 radical (unpaired) electrons. The highest BCUT2D eigenvalue weighted by Crippen LogP contribution is 2.54. The zero-order chi connectivity index (χ0) is 32.0. The standard InChI is InChI=1S/C31H24F3N3O6S2/c1-2-43-21-13-16(11-12-20(21)38)23-24-25(28(41)37(27(24)40)19-10-6-7-17(14-19)31(32,33)34)44-29-26(23)45-30(42)36(29)15-22(39)35-18-8-4-3-5-9-18/h3-14,23-25,38H,2,15H2,1H3,(H,35,39)/t23-,24+,25-/m0/s1. The number of nitrogens with zero attached hydrogens (tertiary/aromatic N) is 2. The predicted octanol–water partition coefficient (Wildman–Crippen LogP) is 5.47. The number of halogens is 3. The molecule has 4 aromatic rings. The Kier molecular flexibility index (Phi) is 7.95. The Labute approximate surface area is 262 Å². The average molecular weight is 656 g/mol. The number of aromatic hydroxyl groups is 1. The third kappa shape index (κ3) is 5.59. The monoisotopic (exact) mass is 655 g/mol. The number of nitrogens with one attached hydrogen (secondary N) is 1. The molecule has 6 rings (SSSR count).